The van der Waals surface area contributed by atoms with E-state index >= 15 is 0 Å². The third-order valence-corrected chi connectivity index (χ3v) is 2.86. The van der Waals surface area contributed by atoms with Gasteiger partial charge < -0.3 is 14.6 Å². The first-order chi connectivity index (χ1) is 7.24. The average Bonchev–Trinajstić information content (AvgIpc) is 2.84. The van der Waals surface area contributed by atoms with Crippen molar-refractivity contribution < 1.29 is 9.90 Å². The van der Waals surface area contributed by atoms with Crippen molar-refractivity contribution in [1.82, 2.24) is 14.5 Å². The minimum absolute atomic E-state index is 0.0331. The van der Waals surface area contributed by atoms with Gasteiger partial charge in [-0.05, 0) is 12.8 Å². The number of hydrogen-bond donors (Lipinski definition) is 1. The van der Waals surface area contributed by atoms with Crippen LogP contribution in [0, 0.1) is 0 Å². The molecular formula is C10H15N3O2. The predicted molar refractivity (Wildman–Crippen MR) is 54.4 cm³/mol. The van der Waals surface area contributed by atoms with Crippen molar-refractivity contribution in [2.45, 2.75) is 18.9 Å². The summed E-state index contributed by atoms with van der Waals surface area (Å²) in [7, 11) is 1.80. The molecule has 0 bridgehead atoms. The normalized spacial score (nSPS) is 20.9. The summed E-state index contributed by atoms with van der Waals surface area (Å²) in [5, 5.41) is 9.13. The fraction of sp³-hybridized carbons (Fsp3) is 0.600. The number of carbonyl (C=O) groups is 1. The third kappa shape index (κ3) is 1.74. The Morgan fingerprint density at radius 3 is 3.13 bits per heavy atom. The van der Waals surface area contributed by atoms with Crippen LogP contribution >= 0.6 is 0 Å². The van der Waals surface area contributed by atoms with Crippen LogP contribution in [0.25, 0.3) is 0 Å². The first-order valence-corrected chi connectivity index (χ1v) is 5.13. The van der Waals surface area contributed by atoms with Gasteiger partial charge in [-0.2, -0.15) is 0 Å². The molecule has 0 aliphatic carbocycles. The van der Waals surface area contributed by atoms with Crippen LogP contribution in [0.5, 0.6) is 0 Å². The van der Waals surface area contributed by atoms with E-state index in [1.54, 1.807) is 28.9 Å². The van der Waals surface area contributed by atoms with Crippen LogP contribution in [0.2, 0.25) is 0 Å². The molecule has 1 saturated heterocycles. The Labute approximate surface area is 88.3 Å². The Morgan fingerprint density at radius 2 is 2.53 bits per heavy atom. The second kappa shape index (κ2) is 4.02. The lowest BCUT2D eigenvalue weighted by Gasteiger charge is -2.22. The Morgan fingerprint density at radius 1 is 1.73 bits per heavy atom. The largest absolute Gasteiger partial charge is 0.394 e. The second-order valence-electron chi connectivity index (χ2n) is 3.84. The topological polar surface area (TPSA) is 58.4 Å². The maximum atomic E-state index is 12.0. The molecule has 0 radical (unpaired) electrons. The average molecular weight is 209 g/mol. The standard InChI is InChI=1S/C10H15N3O2/c1-12-6-4-11-9(12)10(15)13-5-2-3-8(13)7-14/h4,6,8,14H,2-3,5,7H2,1H3/t8-/m0/s1. The summed E-state index contributed by atoms with van der Waals surface area (Å²) in [4.78, 5) is 17.8. The van der Waals surface area contributed by atoms with Gasteiger partial charge in [-0.15, -0.1) is 0 Å². The fourth-order valence-corrected chi connectivity index (χ4v) is 1.99. The number of aliphatic hydroxyl groups excluding tert-OH is 1. The van der Waals surface area contributed by atoms with Crippen LogP contribution in [-0.4, -0.2) is 44.7 Å². The van der Waals surface area contributed by atoms with Crippen molar-refractivity contribution >= 4 is 5.91 Å². The minimum Gasteiger partial charge on any atom is -0.394 e. The number of amides is 1. The van der Waals surface area contributed by atoms with Gasteiger partial charge in [0, 0.05) is 26.0 Å². The summed E-state index contributed by atoms with van der Waals surface area (Å²) in [5.41, 5.74) is 0. The molecular weight excluding hydrogens is 194 g/mol. The molecule has 1 N–H and O–H groups in total. The zero-order valence-electron chi connectivity index (χ0n) is 8.76. The van der Waals surface area contributed by atoms with Crippen molar-refractivity contribution in [3.05, 3.63) is 18.2 Å². The van der Waals surface area contributed by atoms with Crippen molar-refractivity contribution in [3.63, 3.8) is 0 Å². The highest BCUT2D eigenvalue weighted by Gasteiger charge is 2.30. The first-order valence-electron chi connectivity index (χ1n) is 5.13. The number of rotatable bonds is 2. The number of aliphatic hydroxyl groups is 1. The molecule has 1 aromatic rings. The minimum atomic E-state index is -0.0842. The van der Waals surface area contributed by atoms with E-state index in [-0.39, 0.29) is 18.6 Å². The highest BCUT2D eigenvalue weighted by molar-refractivity contribution is 5.91. The van der Waals surface area contributed by atoms with Crippen LogP contribution < -0.4 is 0 Å². The maximum Gasteiger partial charge on any atom is 0.290 e. The summed E-state index contributed by atoms with van der Waals surface area (Å²) in [6, 6.07) is -0.0331. The number of imidazole rings is 1. The van der Waals surface area contributed by atoms with E-state index in [9.17, 15) is 4.79 Å². The Bertz CT molecular complexity index is 361. The number of nitrogens with zero attached hydrogens (tertiary/aromatic N) is 3. The second-order valence-corrected chi connectivity index (χ2v) is 3.84. The Kier molecular flexibility index (Phi) is 2.73. The van der Waals surface area contributed by atoms with Gasteiger partial charge in [0.2, 0.25) is 0 Å². The molecule has 1 atom stereocenters. The molecule has 1 aromatic heterocycles. The molecule has 0 unspecified atom stereocenters. The maximum absolute atomic E-state index is 12.0. The SMILES string of the molecule is Cn1ccnc1C(=O)N1CCC[C@H]1CO. The number of hydrogen-bond acceptors (Lipinski definition) is 3. The van der Waals surface area contributed by atoms with Gasteiger partial charge in [0.25, 0.3) is 5.91 Å². The smallest absolute Gasteiger partial charge is 0.290 e. The van der Waals surface area contributed by atoms with Crippen molar-refractivity contribution in [2.24, 2.45) is 7.05 Å². The molecule has 82 valence electrons. The van der Waals surface area contributed by atoms with Crippen LogP contribution in [-0.2, 0) is 7.05 Å². The number of aryl methyl sites for hydroxylation is 1. The van der Waals surface area contributed by atoms with Crippen molar-refractivity contribution in [2.75, 3.05) is 13.2 Å². The van der Waals surface area contributed by atoms with E-state index in [0.717, 1.165) is 19.4 Å². The van der Waals surface area contributed by atoms with Gasteiger partial charge in [-0.3, -0.25) is 4.79 Å². The molecule has 2 rings (SSSR count). The van der Waals surface area contributed by atoms with Gasteiger partial charge in [-0.25, -0.2) is 4.98 Å². The van der Waals surface area contributed by atoms with E-state index in [4.69, 9.17) is 5.11 Å². The lowest BCUT2D eigenvalue weighted by Crippen LogP contribution is -2.38. The Balaban J connectivity index is 2.18. The van der Waals surface area contributed by atoms with Gasteiger partial charge >= 0.3 is 0 Å². The summed E-state index contributed by atoms with van der Waals surface area (Å²) in [6.07, 6.45) is 5.20. The van der Waals surface area contributed by atoms with E-state index in [2.05, 4.69) is 4.98 Å². The zero-order chi connectivity index (χ0) is 10.8. The highest BCUT2D eigenvalue weighted by Crippen LogP contribution is 2.18. The van der Waals surface area contributed by atoms with Gasteiger partial charge in [-0.1, -0.05) is 0 Å². The van der Waals surface area contributed by atoms with E-state index in [1.165, 1.54) is 0 Å². The highest BCUT2D eigenvalue weighted by atomic mass is 16.3. The quantitative estimate of drug-likeness (QED) is 0.747. The van der Waals surface area contributed by atoms with Crippen LogP contribution in [0.4, 0.5) is 0 Å². The molecule has 5 heteroatoms. The lowest BCUT2D eigenvalue weighted by atomic mass is 10.2. The van der Waals surface area contributed by atoms with Crippen LogP contribution in [0.1, 0.15) is 23.5 Å². The predicted octanol–water partition coefficient (Wildman–Crippen LogP) is 0.0170. The van der Waals surface area contributed by atoms with Gasteiger partial charge in [0.1, 0.15) is 0 Å². The first kappa shape index (κ1) is 10.2. The molecule has 5 nitrogen and oxygen atoms in total. The molecule has 0 spiro atoms. The molecule has 1 aliphatic rings. The van der Waals surface area contributed by atoms with Gasteiger partial charge in [0.15, 0.2) is 5.82 Å². The summed E-state index contributed by atoms with van der Waals surface area (Å²) >= 11 is 0. The van der Waals surface area contributed by atoms with E-state index in [1.807, 2.05) is 0 Å². The molecule has 1 fully saturated rings. The molecule has 0 saturated carbocycles. The monoisotopic (exact) mass is 209 g/mol. The number of carbonyl (C=O) groups excluding carboxylic acids is 1. The molecule has 0 aromatic carbocycles. The molecule has 1 amide bonds. The fourth-order valence-electron chi connectivity index (χ4n) is 1.99. The summed E-state index contributed by atoms with van der Waals surface area (Å²) < 4.78 is 1.70. The molecule has 2 heterocycles. The Hall–Kier alpha value is -1.36. The van der Waals surface area contributed by atoms with E-state index in [0.29, 0.717) is 5.82 Å². The van der Waals surface area contributed by atoms with E-state index < -0.39 is 0 Å². The zero-order valence-corrected chi connectivity index (χ0v) is 8.76. The molecule has 15 heavy (non-hydrogen) atoms. The summed E-state index contributed by atoms with van der Waals surface area (Å²) in [6.45, 7) is 0.757. The van der Waals surface area contributed by atoms with Crippen molar-refractivity contribution in [1.29, 1.82) is 0 Å². The van der Waals surface area contributed by atoms with Crippen LogP contribution in [0.3, 0.4) is 0 Å². The van der Waals surface area contributed by atoms with Crippen LogP contribution in [0.15, 0.2) is 12.4 Å². The number of aromatic nitrogens is 2. The third-order valence-electron chi connectivity index (χ3n) is 2.86. The van der Waals surface area contributed by atoms with Crippen molar-refractivity contribution in [3.8, 4) is 0 Å². The summed E-state index contributed by atoms with van der Waals surface area (Å²) in [5.74, 6) is 0.356. The molecule has 1 aliphatic heterocycles. The van der Waals surface area contributed by atoms with Gasteiger partial charge in [0.05, 0.1) is 12.6 Å². The number of likely N-dealkylation sites (tertiary alicyclic amines) is 1. The lowest BCUT2D eigenvalue weighted by molar-refractivity contribution is 0.0662.